The largest absolute Gasteiger partial charge is 0.297 e. The first-order chi connectivity index (χ1) is 6.77. The minimum Gasteiger partial charge on any atom is -0.297 e. The first-order valence-electron chi connectivity index (χ1n) is 5.25. The van der Waals surface area contributed by atoms with Crippen LogP contribution in [0.25, 0.3) is 0 Å². The zero-order valence-corrected chi connectivity index (χ0v) is 8.24. The third-order valence-corrected chi connectivity index (χ3v) is 2.93. The van der Waals surface area contributed by atoms with Crippen LogP contribution in [0.4, 0.5) is 0 Å². The maximum absolute atomic E-state index is 11.6. The van der Waals surface area contributed by atoms with Crippen LogP contribution in [0.2, 0.25) is 0 Å². The summed E-state index contributed by atoms with van der Waals surface area (Å²) in [5.74, 6) is 0.0164. The van der Waals surface area contributed by atoms with E-state index in [2.05, 4.69) is 4.90 Å². The number of Topliss-reactive ketones (excluding diaryl/α,β-unsaturated/α-hetero) is 1. The van der Waals surface area contributed by atoms with Crippen LogP contribution in [-0.2, 0) is 9.59 Å². The highest BCUT2D eigenvalue weighted by atomic mass is 16.1. The molecule has 0 bridgehead atoms. The van der Waals surface area contributed by atoms with Crippen molar-refractivity contribution in [3.05, 3.63) is 12.2 Å². The maximum Gasteiger partial charge on any atom is 0.162 e. The first kappa shape index (κ1) is 9.59. The first-order valence-corrected chi connectivity index (χ1v) is 5.25. The lowest BCUT2D eigenvalue weighted by molar-refractivity contribution is -0.128. The van der Waals surface area contributed by atoms with E-state index in [9.17, 15) is 9.59 Å². The van der Waals surface area contributed by atoms with Gasteiger partial charge in [-0.1, -0.05) is 12.5 Å². The lowest BCUT2D eigenvalue weighted by Gasteiger charge is -2.32. The van der Waals surface area contributed by atoms with Gasteiger partial charge in [-0.25, -0.2) is 0 Å². The summed E-state index contributed by atoms with van der Waals surface area (Å²) >= 11 is 0. The van der Waals surface area contributed by atoms with E-state index in [1.807, 2.05) is 0 Å². The fraction of sp³-hybridized carbons (Fsp3) is 0.636. The lowest BCUT2D eigenvalue weighted by Crippen LogP contribution is -2.44. The monoisotopic (exact) mass is 193 g/mol. The molecule has 14 heavy (non-hydrogen) atoms. The minimum atomic E-state index is -0.118. The van der Waals surface area contributed by atoms with Crippen LogP contribution in [-0.4, -0.2) is 35.6 Å². The van der Waals surface area contributed by atoms with E-state index >= 15 is 0 Å². The molecule has 76 valence electrons. The predicted octanol–water partition coefficient (Wildman–Crippen LogP) is 0.939. The van der Waals surface area contributed by atoms with E-state index in [1.165, 1.54) is 19.3 Å². The molecule has 1 aliphatic heterocycles. The van der Waals surface area contributed by atoms with Crippen LogP contribution in [0.5, 0.6) is 0 Å². The molecule has 3 heteroatoms. The van der Waals surface area contributed by atoms with E-state index in [0.29, 0.717) is 0 Å². The molecular weight excluding hydrogens is 178 g/mol. The molecule has 1 unspecified atom stereocenters. The Bertz CT molecular complexity index is 277. The maximum atomic E-state index is 11.6. The molecule has 1 heterocycles. The second-order valence-corrected chi connectivity index (χ2v) is 4.01. The molecule has 0 spiro atoms. The van der Waals surface area contributed by atoms with Crippen LogP contribution in [0.1, 0.15) is 25.7 Å². The molecule has 0 aromatic heterocycles. The van der Waals surface area contributed by atoms with E-state index in [-0.39, 0.29) is 24.0 Å². The summed E-state index contributed by atoms with van der Waals surface area (Å²) in [6.07, 6.45) is 7.02. The molecule has 1 fully saturated rings. The van der Waals surface area contributed by atoms with Gasteiger partial charge in [0.15, 0.2) is 11.6 Å². The second kappa shape index (κ2) is 4.05. The summed E-state index contributed by atoms with van der Waals surface area (Å²) in [4.78, 5) is 24.8. The van der Waals surface area contributed by atoms with Gasteiger partial charge < -0.3 is 0 Å². The normalized spacial score (nSPS) is 29.6. The Morgan fingerprint density at radius 3 is 2.50 bits per heavy atom. The summed E-state index contributed by atoms with van der Waals surface area (Å²) in [5.41, 5.74) is 0. The van der Waals surface area contributed by atoms with E-state index in [0.717, 1.165) is 13.1 Å². The van der Waals surface area contributed by atoms with Crippen LogP contribution in [0, 0.1) is 0 Å². The van der Waals surface area contributed by atoms with Crippen LogP contribution < -0.4 is 0 Å². The standard InChI is InChI=1S/C11H15NO2/c13-9-4-5-10(11(14)8-9)12-6-2-1-3-7-12/h4-5,10H,1-3,6-8H2. The Labute approximate surface area is 83.8 Å². The van der Waals surface area contributed by atoms with E-state index in [1.54, 1.807) is 12.2 Å². The zero-order chi connectivity index (χ0) is 9.97. The van der Waals surface area contributed by atoms with Crippen LogP contribution in [0.15, 0.2) is 12.2 Å². The molecule has 0 saturated carbocycles. The SMILES string of the molecule is O=C1C=CC(N2CCCCC2)C(=O)C1. The van der Waals surface area contributed by atoms with Gasteiger partial charge in [0, 0.05) is 0 Å². The van der Waals surface area contributed by atoms with Gasteiger partial charge >= 0.3 is 0 Å². The van der Waals surface area contributed by atoms with Crippen molar-refractivity contribution in [1.29, 1.82) is 0 Å². The van der Waals surface area contributed by atoms with E-state index in [4.69, 9.17) is 0 Å². The Kier molecular flexibility index (Phi) is 2.77. The minimum absolute atomic E-state index is 0.0525. The lowest BCUT2D eigenvalue weighted by atomic mass is 9.97. The molecule has 2 aliphatic rings. The zero-order valence-electron chi connectivity index (χ0n) is 8.24. The number of rotatable bonds is 1. The van der Waals surface area contributed by atoms with Crippen molar-refractivity contribution in [2.45, 2.75) is 31.7 Å². The molecule has 1 atom stereocenters. The molecule has 0 aromatic carbocycles. The second-order valence-electron chi connectivity index (χ2n) is 4.01. The summed E-state index contributed by atoms with van der Waals surface area (Å²) in [7, 11) is 0. The summed E-state index contributed by atoms with van der Waals surface area (Å²) in [6.45, 7) is 1.99. The number of hydrogen-bond donors (Lipinski definition) is 0. The molecule has 0 N–H and O–H groups in total. The molecule has 1 aliphatic carbocycles. The van der Waals surface area contributed by atoms with Gasteiger partial charge in [0.25, 0.3) is 0 Å². The van der Waals surface area contributed by atoms with Crippen LogP contribution in [0.3, 0.4) is 0 Å². The topological polar surface area (TPSA) is 37.4 Å². The Morgan fingerprint density at radius 1 is 1.14 bits per heavy atom. The average molecular weight is 193 g/mol. The predicted molar refractivity (Wildman–Crippen MR) is 53.0 cm³/mol. The van der Waals surface area contributed by atoms with E-state index < -0.39 is 0 Å². The Hall–Kier alpha value is -0.960. The smallest absolute Gasteiger partial charge is 0.162 e. The van der Waals surface area contributed by atoms with Crippen molar-refractivity contribution in [2.24, 2.45) is 0 Å². The summed E-state index contributed by atoms with van der Waals surface area (Å²) in [5, 5.41) is 0. The van der Waals surface area contributed by atoms with Gasteiger partial charge in [-0.15, -0.1) is 0 Å². The number of piperidine rings is 1. The van der Waals surface area contributed by atoms with Crippen LogP contribution >= 0.6 is 0 Å². The van der Waals surface area contributed by atoms with Crippen molar-refractivity contribution in [2.75, 3.05) is 13.1 Å². The van der Waals surface area contributed by atoms with Crippen molar-refractivity contribution in [3.8, 4) is 0 Å². The van der Waals surface area contributed by atoms with Crippen molar-refractivity contribution in [3.63, 3.8) is 0 Å². The number of carbonyl (C=O) groups excluding carboxylic acids is 2. The summed E-state index contributed by atoms with van der Waals surface area (Å²) in [6, 6.07) is -0.118. The molecular formula is C11H15NO2. The quantitative estimate of drug-likeness (QED) is 0.582. The van der Waals surface area contributed by atoms with Gasteiger partial charge in [-0.3, -0.25) is 14.5 Å². The molecule has 0 radical (unpaired) electrons. The Balaban J connectivity index is 2.05. The van der Waals surface area contributed by atoms with Crippen molar-refractivity contribution in [1.82, 2.24) is 4.90 Å². The highest BCUT2D eigenvalue weighted by Gasteiger charge is 2.28. The number of carbonyl (C=O) groups is 2. The molecule has 3 nitrogen and oxygen atoms in total. The van der Waals surface area contributed by atoms with Crippen molar-refractivity contribution >= 4 is 11.6 Å². The Morgan fingerprint density at radius 2 is 1.86 bits per heavy atom. The fourth-order valence-electron chi connectivity index (χ4n) is 2.16. The van der Waals surface area contributed by atoms with Gasteiger partial charge in [0.2, 0.25) is 0 Å². The highest BCUT2D eigenvalue weighted by molar-refractivity contribution is 6.09. The van der Waals surface area contributed by atoms with Gasteiger partial charge in [-0.2, -0.15) is 0 Å². The number of likely N-dealkylation sites (tertiary alicyclic amines) is 1. The summed E-state index contributed by atoms with van der Waals surface area (Å²) < 4.78 is 0. The highest BCUT2D eigenvalue weighted by Crippen LogP contribution is 2.17. The number of ketones is 2. The fourth-order valence-corrected chi connectivity index (χ4v) is 2.16. The number of hydrogen-bond acceptors (Lipinski definition) is 3. The average Bonchev–Trinajstić information content (AvgIpc) is 2.19. The van der Waals surface area contributed by atoms with Gasteiger partial charge in [0.05, 0.1) is 12.5 Å². The third kappa shape index (κ3) is 1.93. The van der Waals surface area contributed by atoms with Gasteiger partial charge in [0.1, 0.15) is 0 Å². The third-order valence-electron chi connectivity index (χ3n) is 2.93. The molecule has 0 aromatic rings. The van der Waals surface area contributed by atoms with Gasteiger partial charge in [-0.05, 0) is 32.0 Å². The van der Waals surface area contributed by atoms with Crippen molar-refractivity contribution < 1.29 is 9.59 Å². The number of allylic oxidation sites excluding steroid dienone is 1. The molecule has 2 rings (SSSR count). The molecule has 1 saturated heterocycles. The molecule has 0 amide bonds. The number of nitrogens with zero attached hydrogens (tertiary/aromatic N) is 1.